The van der Waals surface area contributed by atoms with E-state index in [0.717, 1.165) is 11.1 Å². The minimum absolute atomic E-state index is 0.186. The Labute approximate surface area is 322 Å². The molecule has 1 aliphatic rings. The number of esters is 1. The Hall–Kier alpha value is -5.87. The average Bonchev–Trinajstić information content (AvgIpc) is 3.40. The molecule has 1 amide bonds. The zero-order valence-electron chi connectivity index (χ0n) is 31.0. The van der Waals surface area contributed by atoms with Crippen molar-refractivity contribution in [3.8, 4) is 0 Å². The lowest BCUT2D eigenvalue weighted by atomic mass is 9.64. The van der Waals surface area contributed by atoms with Gasteiger partial charge in [0.05, 0.1) is 15.7 Å². The van der Waals surface area contributed by atoms with Gasteiger partial charge in [0.2, 0.25) is 0 Å². The fourth-order valence-corrected chi connectivity index (χ4v) is 9.04. The van der Waals surface area contributed by atoms with E-state index in [1.807, 2.05) is 6.07 Å². The summed E-state index contributed by atoms with van der Waals surface area (Å²) in [7, 11) is -9.60. The highest BCUT2D eigenvalue weighted by atomic mass is 32.2. The van der Waals surface area contributed by atoms with E-state index < -0.39 is 54.7 Å². The molecule has 11 heteroatoms. The number of aryl methyl sites for hydroxylation is 2. The predicted molar refractivity (Wildman–Crippen MR) is 212 cm³/mol. The summed E-state index contributed by atoms with van der Waals surface area (Å²) in [6.45, 7) is 8.57. The van der Waals surface area contributed by atoms with Crippen molar-refractivity contribution in [1.29, 1.82) is 0 Å². The standard InChI is InChI=1S/C44H40N2O7S2/c1-31-21-26-36(27-22-31)54(49,50)45-40-39(34-17-11-7-12-18-34)44(35-19-13-8-14-20-35,42(48)46(40)55(51,52)37-28-23-32(2)24-29-37)38(41(47)53-43(3,4)5)30-25-33-15-9-6-10-16-33/h6-29,39H,1-5H3/b45-40-/t30?,39-,44+/m1/s1. The lowest BCUT2D eigenvalue weighted by molar-refractivity contribution is -0.152. The van der Waals surface area contributed by atoms with Gasteiger partial charge >= 0.3 is 5.97 Å². The van der Waals surface area contributed by atoms with Crippen LogP contribution in [0, 0.1) is 13.8 Å². The van der Waals surface area contributed by atoms with Gasteiger partial charge in [-0.25, -0.2) is 13.2 Å². The minimum atomic E-state index is -4.91. The third-order valence-corrected chi connectivity index (χ3v) is 12.1. The molecule has 0 saturated carbocycles. The van der Waals surface area contributed by atoms with Gasteiger partial charge < -0.3 is 4.74 Å². The van der Waals surface area contributed by atoms with Crippen LogP contribution in [0.4, 0.5) is 0 Å². The van der Waals surface area contributed by atoms with Crippen LogP contribution in [0.25, 0.3) is 6.08 Å². The maximum Gasteiger partial charge on any atom is 0.343 e. The summed E-state index contributed by atoms with van der Waals surface area (Å²) in [5.74, 6) is -4.25. The van der Waals surface area contributed by atoms with Crippen LogP contribution in [0.3, 0.4) is 0 Å². The smallest absolute Gasteiger partial charge is 0.343 e. The lowest BCUT2D eigenvalue weighted by Crippen LogP contribution is -2.46. The molecule has 0 aromatic heterocycles. The van der Waals surface area contributed by atoms with E-state index in [9.17, 15) is 13.2 Å². The summed E-state index contributed by atoms with van der Waals surface area (Å²) < 4.78 is 69.4. The van der Waals surface area contributed by atoms with Gasteiger partial charge in [0.1, 0.15) is 22.4 Å². The summed E-state index contributed by atoms with van der Waals surface area (Å²) in [6, 6.07) is 37.2. The van der Waals surface area contributed by atoms with E-state index in [-0.39, 0.29) is 20.9 Å². The highest BCUT2D eigenvalue weighted by Gasteiger charge is 2.66. The molecule has 5 aromatic rings. The van der Waals surface area contributed by atoms with E-state index in [0.29, 0.717) is 15.4 Å². The monoisotopic (exact) mass is 772 g/mol. The molecule has 1 fully saturated rings. The predicted octanol–water partition coefficient (Wildman–Crippen LogP) is 7.92. The van der Waals surface area contributed by atoms with E-state index in [1.165, 1.54) is 30.3 Å². The number of carbonyl (C=O) groups excluding carboxylic acids is 2. The molecule has 9 nitrogen and oxygen atoms in total. The topological polar surface area (TPSA) is 127 Å². The highest BCUT2D eigenvalue weighted by molar-refractivity contribution is 7.91. The summed E-state index contributed by atoms with van der Waals surface area (Å²) in [5, 5.41) is 0. The van der Waals surface area contributed by atoms with E-state index >= 15 is 13.2 Å². The van der Waals surface area contributed by atoms with Gasteiger partial charge in [0.25, 0.3) is 26.0 Å². The molecule has 55 heavy (non-hydrogen) atoms. The van der Waals surface area contributed by atoms with Crippen LogP contribution in [0.15, 0.2) is 165 Å². The summed E-state index contributed by atoms with van der Waals surface area (Å²) in [5.41, 5.74) is 2.02. The van der Waals surface area contributed by atoms with Crippen molar-refractivity contribution in [3.63, 3.8) is 0 Å². The molecule has 6 rings (SSSR count). The zero-order chi connectivity index (χ0) is 39.6. The lowest BCUT2D eigenvalue weighted by Gasteiger charge is -2.34. The Kier molecular flexibility index (Phi) is 10.7. The van der Waals surface area contributed by atoms with Crippen LogP contribution in [-0.4, -0.2) is 44.5 Å². The molecular weight excluding hydrogens is 733 g/mol. The molecule has 1 aliphatic heterocycles. The van der Waals surface area contributed by atoms with E-state index in [1.54, 1.807) is 144 Å². The Morgan fingerprint density at radius 3 is 1.75 bits per heavy atom. The Morgan fingerprint density at radius 1 is 0.727 bits per heavy atom. The number of amidine groups is 1. The number of hydrogen-bond acceptors (Lipinski definition) is 7. The first-order chi connectivity index (χ1) is 26.1. The molecule has 2 atom stereocenters. The number of rotatable bonds is 9. The minimum Gasteiger partial charge on any atom is -0.456 e. The maximum absolute atomic E-state index is 15.9. The number of ether oxygens (including phenoxy) is 1. The first-order valence-electron chi connectivity index (χ1n) is 17.5. The van der Waals surface area contributed by atoms with Gasteiger partial charge in [-0.15, -0.1) is 10.1 Å². The second kappa shape index (κ2) is 15.1. The largest absolute Gasteiger partial charge is 0.456 e. The number of amides is 1. The van der Waals surface area contributed by atoms with E-state index in [4.69, 9.17) is 4.74 Å². The molecule has 5 aromatic carbocycles. The van der Waals surface area contributed by atoms with Crippen molar-refractivity contribution in [1.82, 2.24) is 4.31 Å². The van der Waals surface area contributed by atoms with Crippen LogP contribution in [0.5, 0.6) is 0 Å². The average molecular weight is 773 g/mol. The molecule has 0 bridgehead atoms. The molecule has 0 unspecified atom stereocenters. The van der Waals surface area contributed by atoms with Crippen molar-refractivity contribution >= 4 is 43.8 Å². The van der Waals surface area contributed by atoms with Crippen LogP contribution in [0.1, 0.15) is 54.5 Å². The van der Waals surface area contributed by atoms with Crippen LogP contribution >= 0.6 is 0 Å². The summed E-state index contributed by atoms with van der Waals surface area (Å²) in [4.78, 5) is 30.1. The number of sulfonamides is 2. The molecule has 0 spiro atoms. The quantitative estimate of drug-likeness (QED) is 0.0846. The van der Waals surface area contributed by atoms with Crippen molar-refractivity contribution in [2.24, 2.45) is 4.40 Å². The molecule has 0 aliphatic carbocycles. The van der Waals surface area contributed by atoms with Crippen LogP contribution in [-0.2, 0) is 39.8 Å². The van der Waals surface area contributed by atoms with Crippen LogP contribution in [0.2, 0.25) is 0 Å². The van der Waals surface area contributed by atoms with Gasteiger partial charge in [0, 0.05) is 0 Å². The molecular formula is C44H40N2O7S2. The van der Waals surface area contributed by atoms with Gasteiger partial charge in [-0.1, -0.05) is 126 Å². The number of carbonyl (C=O) groups is 2. The first kappa shape index (κ1) is 38.8. The molecule has 0 radical (unpaired) electrons. The van der Waals surface area contributed by atoms with Crippen molar-refractivity contribution in [2.45, 2.75) is 61.3 Å². The van der Waals surface area contributed by atoms with Gasteiger partial charge in [0.15, 0.2) is 0 Å². The fourth-order valence-electron chi connectivity index (χ4n) is 6.52. The van der Waals surface area contributed by atoms with Crippen molar-refractivity contribution in [3.05, 3.63) is 179 Å². The number of nitrogens with zero attached hydrogens (tertiary/aromatic N) is 2. The van der Waals surface area contributed by atoms with Crippen molar-refractivity contribution < 1.29 is 31.2 Å². The molecule has 1 heterocycles. The third kappa shape index (κ3) is 7.73. The van der Waals surface area contributed by atoms with Gasteiger partial charge in [-0.05, 0) is 81.7 Å². The number of hydrogen-bond donors (Lipinski definition) is 0. The van der Waals surface area contributed by atoms with Crippen LogP contribution < -0.4 is 0 Å². The Morgan fingerprint density at radius 2 is 1.22 bits per heavy atom. The summed E-state index contributed by atoms with van der Waals surface area (Å²) >= 11 is 0. The van der Waals surface area contributed by atoms with Crippen molar-refractivity contribution in [2.75, 3.05) is 0 Å². The normalized spacial score (nSPS) is 18.1. The maximum atomic E-state index is 15.9. The first-order valence-corrected chi connectivity index (χ1v) is 20.4. The molecule has 0 N–H and O–H groups in total. The highest BCUT2D eigenvalue weighted by Crippen LogP contribution is 2.54. The fraction of sp³-hybridized carbons (Fsp3) is 0.182. The Bertz CT molecular complexity index is 2540. The molecule has 1 saturated heterocycles. The third-order valence-electron chi connectivity index (χ3n) is 9.05. The molecule has 280 valence electrons. The van der Waals surface area contributed by atoms with Gasteiger partial charge in [-0.2, -0.15) is 12.7 Å². The second-order valence-corrected chi connectivity index (χ2v) is 17.6. The van der Waals surface area contributed by atoms with Gasteiger partial charge in [-0.3, -0.25) is 4.79 Å². The van der Waals surface area contributed by atoms with E-state index in [2.05, 4.69) is 10.1 Å². The Balaban J connectivity index is 1.82. The SMILES string of the molecule is Cc1ccc(S(=O)(=O)/N=C2/[C@@H](c3ccccc3)[C@@](C(=C=Cc3ccccc3)C(=O)OC(C)(C)C)(c3ccccc3)C(=O)N2S(=O)(=O)c2ccc(C)cc2)cc1. The number of benzene rings is 5. The zero-order valence-corrected chi connectivity index (χ0v) is 32.6. The second-order valence-electron chi connectivity index (χ2n) is 14.2. The summed E-state index contributed by atoms with van der Waals surface area (Å²) in [6.07, 6.45) is 1.51.